The van der Waals surface area contributed by atoms with E-state index >= 15 is 0 Å². The summed E-state index contributed by atoms with van der Waals surface area (Å²) in [5.74, 6) is -1.46. The first-order chi connectivity index (χ1) is 12.8. The number of carboxylic acid groups (broad SMARTS) is 1. The number of aryl methyl sites for hydroxylation is 1. The van der Waals surface area contributed by atoms with Crippen LogP contribution in [0.15, 0.2) is 33.7 Å². The second-order valence-electron chi connectivity index (χ2n) is 5.28. The Balaban J connectivity index is 2.50. The molecule has 0 spiro atoms. The van der Waals surface area contributed by atoms with Crippen LogP contribution in [0, 0.1) is 6.92 Å². The van der Waals surface area contributed by atoms with Gasteiger partial charge < -0.3 is 14.3 Å². The lowest BCUT2D eigenvalue weighted by Crippen LogP contribution is -2.25. The minimum Gasteiger partial charge on any atom is -0.494 e. The van der Waals surface area contributed by atoms with Gasteiger partial charge in [-0.25, -0.2) is 18.1 Å². The molecule has 0 unspecified atom stereocenters. The molecule has 0 aliphatic carbocycles. The van der Waals surface area contributed by atoms with E-state index in [1.54, 1.807) is 0 Å². The predicted octanol–water partition coefficient (Wildman–Crippen LogP) is 2.24. The number of aromatic nitrogens is 4. The molecule has 0 amide bonds. The number of ether oxygens (including phenoxy) is 1. The van der Waals surface area contributed by atoms with Crippen LogP contribution in [-0.2, 0) is 0 Å². The summed E-state index contributed by atoms with van der Waals surface area (Å²) in [6.45, 7) is 1.42. The number of methoxy groups -OCH3 is 1. The van der Waals surface area contributed by atoms with E-state index in [-0.39, 0.29) is 17.2 Å². The van der Waals surface area contributed by atoms with Crippen LogP contribution in [-0.4, -0.2) is 37.9 Å². The molecule has 0 aromatic carbocycles. The van der Waals surface area contributed by atoms with Crippen LogP contribution in [0.5, 0.6) is 5.75 Å². The van der Waals surface area contributed by atoms with Crippen molar-refractivity contribution >= 4 is 5.97 Å². The third kappa shape index (κ3) is 3.14. The number of aromatic carboxylic acids is 1. The Morgan fingerprint density at radius 1 is 1.37 bits per heavy atom. The average molecular weight is 378 g/mol. The number of carboxylic acids is 1. The maximum absolute atomic E-state index is 14.0. The highest BCUT2D eigenvalue weighted by molar-refractivity contribution is 5.97. The van der Waals surface area contributed by atoms with Crippen molar-refractivity contribution in [2.75, 3.05) is 7.11 Å². The lowest BCUT2D eigenvalue weighted by molar-refractivity contribution is 0.0696. The van der Waals surface area contributed by atoms with E-state index in [0.29, 0.717) is 10.6 Å². The molecule has 0 atom stereocenters. The Bertz CT molecular complexity index is 1080. The maximum Gasteiger partial charge on any atom is 0.336 e. The first-order valence-electron chi connectivity index (χ1n) is 7.45. The Morgan fingerprint density at radius 2 is 2.11 bits per heavy atom. The van der Waals surface area contributed by atoms with Gasteiger partial charge in [-0.15, -0.1) is 5.10 Å². The van der Waals surface area contributed by atoms with Gasteiger partial charge >= 0.3 is 12.0 Å². The van der Waals surface area contributed by atoms with Crippen molar-refractivity contribution in [3.8, 4) is 22.9 Å². The van der Waals surface area contributed by atoms with E-state index in [1.807, 2.05) is 0 Å². The number of nitrogens with zero attached hydrogens (tertiary/aromatic N) is 4. The molecule has 140 valence electrons. The van der Waals surface area contributed by atoms with Gasteiger partial charge in [0, 0.05) is 30.3 Å². The first kappa shape index (κ1) is 18.2. The standard InChI is InChI=1S/C16H12F2N4O5/c1-7-20-21-16(27-7)22-11(23)5-9(15(24)25)12(13(22)14(17)18)8-3-4-19-6-10(8)26-2/h3-6,14H,1-2H3,(H,24,25). The Morgan fingerprint density at radius 3 is 2.67 bits per heavy atom. The van der Waals surface area contributed by atoms with Gasteiger partial charge in [-0.1, -0.05) is 5.10 Å². The smallest absolute Gasteiger partial charge is 0.336 e. The molecule has 3 aromatic rings. The van der Waals surface area contributed by atoms with Crippen LogP contribution < -0.4 is 10.3 Å². The molecule has 27 heavy (non-hydrogen) atoms. The fourth-order valence-corrected chi connectivity index (χ4v) is 2.61. The van der Waals surface area contributed by atoms with Gasteiger partial charge in [0.25, 0.3) is 12.0 Å². The second-order valence-corrected chi connectivity index (χ2v) is 5.28. The lowest BCUT2D eigenvalue weighted by Gasteiger charge is -2.18. The van der Waals surface area contributed by atoms with E-state index in [0.717, 1.165) is 0 Å². The quantitative estimate of drug-likeness (QED) is 0.718. The molecule has 3 aromatic heterocycles. The van der Waals surface area contributed by atoms with Crippen molar-refractivity contribution in [3.63, 3.8) is 0 Å². The van der Waals surface area contributed by atoms with Gasteiger partial charge in [0.2, 0.25) is 5.89 Å². The number of rotatable bonds is 5. The largest absolute Gasteiger partial charge is 0.494 e. The highest BCUT2D eigenvalue weighted by atomic mass is 19.3. The molecule has 0 aliphatic heterocycles. The summed E-state index contributed by atoms with van der Waals surface area (Å²) in [6.07, 6.45) is -0.717. The Hall–Kier alpha value is -3.63. The molecule has 9 nitrogen and oxygen atoms in total. The summed E-state index contributed by atoms with van der Waals surface area (Å²) in [5.41, 5.74) is -2.97. The Labute approximate surface area is 149 Å². The molecule has 0 bridgehead atoms. The van der Waals surface area contributed by atoms with E-state index < -0.39 is 40.8 Å². The zero-order valence-electron chi connectivity index (χ0n) is 14.0. The van der Waals surface area contributed by atoms with Crippen LogP contribution in [0.4, 0.5) is 8.78 Å². The monoisotopic (exact) mass is 378 g/mol. The molecule has 0 aliphatic rings. The van der Waals surface area contributed by atoms with E-state index in [9.17, 15) is 23.5 Å². The normalized spacial score (nSPS) is 11.0. The fraction of sp³-hybridized carbons (Fsp3) is 0.188. The van der Waals surface area contributed by atoms with Gasteiger partial charge in [-0.3, -0.25) is 9.78 Å². The molecular weight excluding hydrogens is 366 g/mol. The zero-order valence-corrected chi connectivity index (χ0v) is 14.0. The van der Waals surface area contributed by atoms with Crippen molar-refractivity contribution in [3.05, 3.63) is 52.0 Å². The molecular formula is C16H12F2N4O5. The summed E-state index contributed by atoms with van der Waals surface area (Å²) in [4.78, 5) is 27.9. The minimum atomic E-state index is -3.24. The maximum atomic E-state index is 14.0. The minimum absolute atomic E-state index is 0.0187. The molecule has 0 saturated carbocycles. The summed E-state index contributed by atoms with van der Waals surface area (Å²) < 4.78 is 38.8. The topological polar surface area (TPSA) is 120 Å². The SMILES string of the molecule is COc1cnccc1-c1c(C(=O)O)cc(=O)n(-c2nnc(C)o2)c1C(F)F. The number of alkyl halides is 2. The summed E-state index contributed by atoms with van der Waals surface area (Å²) in [7, 11) is 1.28. The third-order valence-corrected chi connectivity index (χ3v) is 3.67. The van der Waals surface area contributed by atoms with Gasteiger partial charge in [-0.05, 0) is 6.07 Å². The van der Waals surface area contributed by atoms with Gasteiger partial charge in [0.15, 0.2) is 0 Å². The van der Waals surface area contributed by atoms with Gasteiger partial charge in [0.05, 0.1) is 18.9 Å². The number of carbonyl (C=O) groups is 1. The van der Waals surface area contributed by atoms with Crippen molar-refractivity contribution in [1.29, 1.82) is 0 Å². The van der Waals surface area contributed by atoms with Crippen LogP contribution >= 0.6 is 0 Å². The van der Waals surface area contributed by atoms with Crippen molar-refractivity contribution < 1.29 is 27.8 Å². The molecule has 0 radical (unpaired) electrons. The predicted molar refractivity (Wildman–Crippen MR) is 86.3 cm³/mol. The molecule has 1 N–H and O–H groups in total. The van der Waals surface area contributed by atoms with Gasteiger partial charge in [0.1, 0.15) is 11.4 Å². The fourth-order valence-electron chi connectivity index (χ4n) is 2.61. The van der Waals surface area contributed by atoms with Crippen LogP contribution in [0.2, 0.25) is 0 Å². The zero-order chi connectivity index (χ0) is 19.7. The van der Waals surface area contributed by atoms with Crippen LogP contribution in [0.3, 0.4) is 0 Å². The number of hydrogen-bond acceptors (Lipinski definition) is 7. The number of hydrogen-bond donors (Lipinski definition) is 1. The number of pyridine rings is 2. The summed E-state index contributed by atoms with van der Waals surface area (Å²) in [6, 6.07) is 1.52. The average Bonchev–Trinajstić information content (AvgIpc) is 3.06. The molecule has 3 rings (SSSR count). The summed E-state index contributed by atoms with van der Waals surface area (Å²) in [5, 5.41) is 16.6. The van der Waals surface area contributed by atoms with Crippen LogP contribution in [0.1, 0.15) is 28.4 Å². The number of halogens is 2. The molecule has 11 heteroatoms. The molecule has 3 heterocycles. The molecule has 0 fully saturated rings. The van der Waals surface area contributed by atoms with E-state index in [1.165, 1.54) is 32.5 Å². The lowest BCUT2D eigenvalue weighted by atomic mass is 9.97. The Kier molecular flexibility index (Phi) is 4.67. The second kappa shape index (κ2) is 6.94. The van der Waals surface area contributed by atoms with Crippen molar-refractivity contribution in [2.45, 2.75) is 13.3 Å². The van der Waals surface area contributed by atoms with E-state index in [4.69, 9.17) is 9.15 Å². The van der Waals surface area contributed by atoms with Crippen LogP contribution in [0.25, 0.3) is 17.1 Å². The molecule has 0 saturated heterocycles. The van der Waals surface area contributed by atoms with Crippen molar-refractivity contribution in [1.82, 2.24) is 19.7 Å². The van der Waals surface area contributed by atoms with Crippen molar-refractivity contribution in [2.24, 2.45) is 0 Å². The highest BCUT2D eigenvalue weighted by Gasteiger charge is 2.30. The first-order valence-corrected chi connectivity index (χ1v) is 7.45. The summed E-state index contributed by atoms with van der Waals surface area (Å²) >= 11 is 0. The van der Waals surface area contributed by atoms with Gasteiger partial charge in [-0.2, -0.15) is 0 Å². The van der Waals surface area contributed by atoms with E-state index in [2.05, 4.69) is 15.2 Å². The third-order valence-electron chi connectivity index (χ3n) is 3.67. The highest BCUT2D eigenvalue weighted by Crippen LogP contribution is 2.38.